The zero-order valence-electron chi connectivity index (χ0n) is 13.1. The number of thiazole rings is 1. The van der Waals surface area contributed by atoms with Gasteiger partial charge in [0.05, 0.1) is 4.53 Å². The maximum Gasteiger partial charge on any atom is 0.277 e. The van der Waals surface area contributed by atoms with E-state index in [9.17, 15) is 9.59 Å². The highest BCUT2D eigenvalue weighted by atomic mass is 79.9. The van der Waals surface area contributed by atoms with Crippen LogP contribution in [-0.4, -0.2) is 16.5 Å². The fraction of sp³-hybridized carbons (Fsp3) is 0.105. The van der Waals surface area contributed by atoms with Crippen molar-refractivity contribution in [2.24, 2.45) is 4.99 Å². The summed E-state index contributed by atoms with van der Waals surface area (Å²) in [6.07, 6.45) is 2.30. The minimum absolute atomic E-state index is 0.244. The van der Waals surface area contributed by atoms with E-state index in [0.29, 0.717) is 15.8 Å². The van der Waals surface area contributed by atoms with Crippen molar-refractivity contribution >= 4 is 39.2 Å². The van der Waals surface area contributed by atoms with Crippen molar-refractivity contribution in [2.75, 3.05) is 0 Å². The smallest absolute Gasteiger partial charge is 0.271 e. The molecular weight excluding hydrogens is 400 g/mol. The third-order valence-corrected chi connectivity index (χ3v) is 5.75. The van der Waals surface area contributed by atoms with Crippen LogP contribution in [-0.2, 0) is 6.42 Å². The van der Waals surface area contributed by atoms with E-state index < -0.39 is 6.04 Å². The molecule has 0 radical (unpaired) electrons. The summed E-state index contributed by atoms with van der Waals surface area (Å²) in [6, 6.07) is 16.8. The lowest BCUT2D eigenvalue weighted by Gasteiger charge is -2.05. The Balaban J connectivity index is 1.74. The highest BCUT2D eigenvalue weighted by molar-refractivity contribution is 9.10. The predicted molar refractivity (Wildman–Crippen MR) is 102 cm³/mol. The second kappa shape index (κ2) is 6.54. The maximum atomic E-state index is 12.6. The highest BCUT2D eigenvalue weighted by Crippen LogP contribution is 2.16. The topological polar surface area (TPSA) is 51.4 Å². The molecule has 25 heavy (non-hydrogen) atoms. The third-order valence-electron chi connectivity index (χ3n) is 4.04. The Morgan fingerprint density at radius 1 is 1.08 bits per heavy atom. The van der Waals surface area contributed by atoms with Gasteiger partial charge in [0.25, 0.3) is 11.5 Å². The molecule has 2 aromatic carbocycles. The number of carbonyl (C=O) groups is 1. The van der Waals surface area contributed by atoms with Crippen LogP contribution in [0.4, 0.5) is 0 Å². The van der Waals surface area contributed by atoms with Crippen LogP contribution < -0.4 is 14.9 Å². The fourth-order valence-corrected chi connectivity index (χ4v) is 4.20. The van der Waals surface area contributed by atoms with Crippen molar-refractivity contribution in [1.82, 2.24) is 4.57 Å². The number of nitrogens with zero attached hydrogens (tertiary/aromatic N) is 2. The molecular formula is C19H13BrN2O2S. The summed E-state index contributed by atoms with van der Waals surface area (Å²) in [5.74, 6) is -0.244. The van der Waals surface area contributed by atoms with E-state index in [2.05, 4.69) is 20.9 Å². The van der Waals surface area contributed by atoms with E-state index in [1.165, 1.54) is 15.9 Å². The second-order valence-corrected chi connectivity index (χ2v) is 7.59. The lowest BCUT2D eigenvalue weighted by Crippen LogP contribution is -2.36. The minimum Gasteiger partial charge on any atom is -0.271 e. The van der Waals surface area contributed by atoms with Crippen molar-refractivity contribution in [1.29, 1.82) is 0 Å². The summed E-state index contributed by atoms with van der Waals surface area (Å²) in [6.45, 7) is 0. The Hall–Kier alpha value is -2.31. The number of benzene rings is 2. The molecule has 3 aromatic rings. The van der Waals surface area contributed by atoms with Gasteiger partial charge in [-0.05, 0) is 23.3 Å². The van der Waals surface area contributed by atoms with E-state index in [1.807, 2.05) is 54.6 Å². The molecule has 2 heterocycles. The van der Waals surface area contributed by atoms with Gasteiger partial charge in [-0.1, -0.05) is 75.8 Å². The predicted octanol–water partition coefficient (Wildman–Crippen LogP) is 2.39. The Bertz CT molecular complexity index is 1130. The average molecular weight is 413 g/mol. The van der Waals surface area contributed by atoms with Crippen molar-refractivity contribution in [2.45, 2.75) is 12.5 Å². The first-order chi connectivity index (χ1) is 12.1. The molecule has 1 aliphatic heterocycles. The summed E-state index contributed by atoms with van der Waals surface area (Å²) >= 11 is 4.72. The van der Waals surface area contributed by atoms with Gasteiger partial charge in [0.1, 0.15) is 6.04 Å². The van der Waals surface area contributed by atoms with Gasteiger partial charge in [0.2, 0.25) is 0 Å². The summed E-state index contributed by atoms with van der Waals surface area (Å²) in [7, 11) is 0. The summed E-state index contributed by atoms with van der Waals surface area (Å²) in [4.78, 5) is 30.2. The van der Waals surface area contributed by atoms with Crippen LogP contribution >= 0.6 is 27.3 Å². The quantitative estimate of drug-likeness (QED) is 0.662. The molecule has 4 rings (SSSR count). The Morgan fingerprint density at radius 3 is 2.52 bits per heavy atom. The second-order valence-electron chi connectivity index (χ2n) is 5.73. The van der Waals surface area contributed by atoms with E-state index in [-0.39, 0.29) is 11.5 Å². The molecule has 1 aromatic heterocycles. The standard InChI is InChI=1S/C19H13BrN2O2S/c20-14-9-5-4-8-13(14)11-16-18(24)22-17(23)15(21-19(22)25-16)10-12-6-2-1-3-7-12/h1-9,11,15H,10H2/b16-11-/t15-/m0/s1. The van der Waals surface area contributed by atoms with E-state index >= 15 is 0 Å². The summed E-state index contributed by atoms with van der Waals surface area (Å²) in [5, 5.41) is 0. The van der Waals surface area contributed by atoms with Gasteiger partial charge >= 0.3 is 0 Å². The van der Waals surface area contributed by atoms with Gasteiger partial charge in [0.15, 0.2) is 4.80 Å². The molecule has 0 amide bonds. The zero-order chi connectivity index (χ0) is 17.4. The van der Waals surface area contributed by atoms with Crippen LogP contribution in [0.15, 0.2) is 68.9 Å². The van der Waals surface area contributed by atoms with Crippen molar-refractivity contribution in [3.63, 3.8) is 0 Å². The van der Waals surface area contributed by atoms with Gasteiger partial charge in [-0.2, -0.15) is 0 Å². The molecule has 0 fully saturated rings. The van der Waals surface area contributed by atoms with Gasteiger partial charge in [-0.15, -0.1) is 0 Å². The summed E-state index contributed by atoms with van der Waals surface area (Å²) in [5.41, 5.74) is 1.64. The molecule has 0 unspecified atom stereocenters. The Labute approximate surface area is 155 Å². The first-order valence-electron chi connectivity index (χ1n) is 7.77. The number of hydrogen-bond donors (Lipinski definition) is 0. The van der Waals surface area contributed by atoms with Crippen LogP contribution in [0, 0.1) is 0 Å². The molecule has 4 nitrogen and oxygen atoms in total. The normalized spacial score (nSPS) is 16.8. The molecule has 124 valence electrons. The number of rotatable bonds is 3. The van der Waals surface area contributed by atoms with Crippen LogP contribution in [0.2, 0.25) is 0 Å². The molecule has 0 N–H and O–H groups in total. The lowest BCUT2D eigenvalue weighted by atomic mass is 10.1. The van der Waals surface area contributed by atoms with Crippen LogP contribution in [0.25, 0.3) is 6.08 Å². The molecule has 0 bridgehead atoms. The Kier molecular flexibility index (Phi) is 4.23. The first-order valence-corrected chi connectivity index (χ1v) is 9.38. The van der Waals surface area contributed by atoms with Crippen LogP contribution in [0.1, 0.15) is 15.9 Å². The lowest BCUT2D eigenvalue weighted by molar-refractivity contribution is 0.0892. The largest absolute Gasteiger partial charge is 0.277 e. The van der Waals surface area contributed by atoms with E-state index in [4.69, 9.17) is 0 Å². The Morgan fingerprint density at radius 2 is 1.80 bits per heavy atom. The van der Waals surface area contributed by atoms with Crippen molar-refractivity contribution in [3.8, 4) is 0 Å². The SMILES string of the molecule is O=C1[C@H](Cc2ccccc2)N=c2s/c(=C\c3ccccc3Br)c(=O)n21. The van der Waals surface area contributed by atoms with Gasteiger partial charge < -0.3 is 0 Å². The van der Waals surface area contributed by atoms with Gasteiger partial charge in [0, 0.05) is 10.9 Å². The molecule has 0 spiro atoms. The van der Waals surface area contributed by atoms with Crippen molar-refractivity contribution < 1.29 is 4.79 Å². The molecule has 6 heteroatoms. The summed E-state index contributed by atoms with van der Waals surface area (Å²) < 4.78 is 2.62. The number of carbonyl (C=O) groups excluding carboxylic acids is 1. The maximum absolute atomic E-state index is 12.6. The highest BCUT2D eigenvalue weighted by Gasteiger charge is 2.29. The van der Waals surface area contributed by atoms with Gasteiger partial charge in [-0.25, -0.2) is 9.56 Å². The number of halogens is 1. The van der Waals surface area contributed by atoms with E-state index in [0.717, 1.165) is 15.6 Å². The molecule has 0 saturated heterocycles. The molecule has 1 aliphatic rings. The zero-order valence-corrected chi connectivity index (χ0v) is 15.5. The van der Waals surface area contributed by atoms with E-state index in [1.54, 1.807) is 6.08 Å². The van der Waals surface area contributed by atoms with Crippen LogP contribution in [0.3, 0.4) is 0 Å². The van der Waals surface area contributed by atoms with Gasteiger partial charge in [-0.3, -0.25) is 9.59 Å². The average Bonchev–Trinajstić information content (AvgIpc) is 3.08. The minimum atomic E-state index is -0.515. The molecule has 1 atom stereocenters. The molecule has 0 saturated carbocycles. The monoisotopic (exact) mass is 412 g/mol. The fourth-order valence-electron chi connectivity index (χ4n) is 2.80. The number of fused-ring (bicyclic) bond motifs is 1. The third kappa shape index (κ3) is 3.03. The number of aromatic nitrogens is 1. The van der Waals surface area contributed by atoms with Crippen molar-refractivity contribution in [3.05, 3.63) is 89.9 Å². The first kappa shape index (κ1) is 16.2. The number of hydrogen-bond acceptors (Lipinski definition) is 4. The van der Waals surface area contributed by atoms with Crippen LogP contribution in [0.5, 0.6) is 0 Å². The molecule has 0 aliphatic carbocycles.